The van der Waals surface area contributed by atoms with Crippen LogP contribution in [0.1, 0.15) is 22.3 Å². The highest BCUT2D eigenvalue weighted by Gasteiger charge is 2.31. The molecule has 1 N–H and O–H groups in total. The van der Waals surface area contributed by atoms with E-state index in [4.69, 9.17) is 21.7 Å². The lowest BCUT2D eigenvalue weighted by molar-refractivity contribution is -0.113. The van der Waals surface area contributed by atoms with Crippen LogP contribution in [0.5, 0.6) is 11.5 Å². The number of benzene rings is 3. The first-order valence-electron chi connectivity index (χ1n) is 10.3. The molecule has 1 saturated heterocycles. The van der Waals surface area contributed by atoms with E-state index < -0.39 is 0 Å². The van der Waals surface area contributed by atoms with Gasteiger partial charge in [-0.15, -0.1) is 0 Å². The minimum atomic E-state index is -0.190. The predicted octanol–water partition coefficient (Wildman–Crippen LogP) is 5.15. The molecule has 6 heteroatoms. The average molecular weight is 445 g/mol. The number of para-hydroxylation sites is 1. The molecule has 1 aliphatic heterocycles. The summed E-state index contributed by atoms with van der Waals surface area (Å²) in [5.74, 6) is 1.38. The first-order chi connectivity index (χ1) is 15.5. The lowest BCUT2D eigenvalue weighted by Gasteiger charge is -2.13. The third kappa shape index (κ3) is 4.50. The first kappa shape index (κ1) is 21.6. The molecule has 0 aromatic heterocycles. The van der Waals surface area contributed by atoms with E-state index >= 15 is 0 Å². The fourth-order valence-electron chi connectivity index (χ4n) is 3.53. The molecule has 0 spiro atoms. The van der Waals surface area contributed by atoms with Gasteiger partial charge in [0.25, 0.3) is 5.91 Å². The zero-order chi connectivity index (χ0) is 22.7. The van der Waals surface area contributed by atoms with Crippen LogP contribution in [0.15, 0.2) is 72.4 Å². The fraction of sp³-hybridized carbons (Fsp3) is 0.154. The van der Waals surface area contributed by atoms with Crippen molar-refractivity contribution in [2.24, 2.45) is 0 Å². The van der Waals surface area contributed by atoms with E-state index in [1.165, 1.54) is 4.90 Å². The molecule has 0 atom stereocenters. The molecule has 4 rings (SSSR count). The molecule has 0 unspecified atom stereocenters. The number of hydrogen-bond donors (Lipinski definition) is 1. The van der Waals surface area contributed by atoms with Crippen LogP contribution in [0.2, 0.25) is 0 Å². The van der Waals surface area contributed by atoms with Gasteiger partial charge in [-0.2, -0.15) is 0 Å². The van der Waals surface area contributed by atoms with E-state index in [9.17, 15) is 4.79 Å². The van der Waals surface area contributed by atoms with Crippen LogP contribution in [0, 0.1) is 13.8 Å². The molecule has 3 aromatic rings. The van der Waals surface area contributed by atoms with Gasteiger partial charge in [0.1, 0.15) is 23.8 Å². The topological polar surface area (TPSA) is 50.8 Å². The summed E-state index contributed by atoms with van der Waals surface area (Å²) >= 11 is 5.39. The van der Waals surface area contributed by atoms with Crippen molar-refractivity contribution in [1.82, 2.24) is 5.32 Å². The van der Waals surface area contributed by atoms with Crippen molar-refractivity contribution in [3.8, 4) is 11.5 Å². The van der Waals surface area contributed by atoms with E-state index in [1.54, 1.807) is 13.2 Å². The molecule has 0 bridgehead atoms. The van der Waals surface area contributed by atoms with E-state index in [0.29, 0.717) is 17.4 Å². The number of nitrogens with zero attached hydrogens (tertiary/aromatic N) is 1. The van der Waals surface area contributed by atoms with Gasteiger partial charge in [0.15, 0.2) is 5.11 Å². The molecular formula is C26H24N2O3S. The lowest BCUT2D eigenvalue weighted by Crippen LogP contribution is -2.30. The predicted molar refractivity (Wildman–Crippen MR) is 131 cm³/mol. The van der Waals surface area contributed by atoms with Gasteiger partial charge in [0.2, 0.25) is 0 Å². The van der Waals surface area contributed by atoms with E-state index in [0.717, 1.165) is 39.4 Å². The number of thiocarbonyl (C=S) groups is 1. The SMILES string of the molecule is COc1ccc(/C=C2/NC(=S)N(c3ccccc3)C2=O)cc1COc1cc(C)ccc1C. The monoisotopic (exact) mass is 444 g/mol. The molecule has 1 fully saturated rings. The maximum atomic E-state index is 13.0. The second kappa shape index (κ2) is 9.24. The van der Waals surface area contributed by atoms with Crippen molar-refractivity contribution in [3.63, 3.8) is 0 Å². The molecule has 1 amide bonds. The molecule has 1 heterocycles. The van der Waals surface area contributed by atoms with Crippen molar-refractivity contribution >= 4 is 35.0 Å². The Morgan fingerprint density at radius 1 is 1.00 bits per heavy atom. The van der Waals surface area contributed by atoms with Crippen LogP contribution >= 0.6 is 12.2 Å². The summed E-state index contributed by atoms with van der Waals surface area (Å²) in [4.78, 5) is 14.5. The Labute approximate surface area is 193 Å². The number of carbonyl (C=O) groups is 1. The van der Waals surface area contributed by atoms with Crippen LogP contribution in [0.3, 0.4) is 0 Å². The Morgan fingerprint density at radius 3 is 2.53 bits per heavy atom. The van der Waals surface area contributed by atoms with Crippen LogP contribution in [0.4, 0.5) is 5.69 Å². The van der Waals surface area contributed by atoms with Crippen LogP contribution < -0.4 is 19.7 Å². The quantitative estimate of drug-likeness (QED) is 0.421. The van der Waals surface area contributed by atoms with E-state index in [1.807, 2.05) is 74.5 Å². The van der Waals surface area contributed by atoms with Crippen LogP contribution in [0.25, 0.3) is 6.08 Å². The average Bonchev–Trinajstić information content (AvgIpc) is 3.07. The third-order valence-electron chi connectivity index (χ3n) is 5.23. The highest BCUT2D eigenvalue weighted by Crippen LogP contribution is 2.27. The summed E-state index contributed by atoms with van der Waals surface area (Å²) in [6, 6.07) is 21.2. The highest BCUT2D eigenvalue weighted by molar-refractivity contribution is 7.80. The summed E-state index contributed by atoms with van der Waals surface area (Å²) < 4.78 is 11.6. The first-order valence-corrected chi connectivity index (χ1v) is 10.7. The number of nitrogens with one attached hydrogen (secondary N) is 1. The number of hydrogen-bond acceptors (Lipinski definition) is 4. The van der Waals surface area contributed by atoms with Gasteiger partial charge in [-0.05, 0) is 79.2 Å². The number of anilines is 1. The molecule has 3 aromatic carbocycles. The molecule has 0 aliphatic carbocycles. The van der Waals surface area contributed by atoms with E-state index in [2.05, 4.69) is 11.4 Å². The van der Waals surface area contributed by atoms with Gasteiger partial charge < -0.3 is 14.8 Å². The van der Waals surface area contributed by atoms with Crippen molar-refractivity contribution < 1.29 is 14.3 Å². The maximum Gasteiger partial charge on any atom is 0.281 e. The molecule has 5 nitrogen and oxygen atoms in total. The fourth-order valence-corrected chi connectivity index (χ4v) is 3.83. The van der Waals surface area contributed by atoms with Crippen molar-refractivity contribution in [3.05, 3.63) is 94.7 Å². The van der Waals surface area contributed by atoms with Gasteiger partial charge in [0, 0.05) is 5.56 Å². The Balaban J connectivity index is 1.58. The molecule has 0 radical (unpaired) electrons. The number of ether oxygens (including phenoxy) is 2. The number of methoxy groups -OCH3 is 1. The summed E-state index contributed by atoms with van der Waals surface area (Å²) in [5.41, 5.74) is 5.10. The second-order valence-electron chi connectivity index (χ2n) is 7.59. The Hall–Kier alpha value is -3.64. The second-order valence-corrected chi connectivity index (χ2v) is 7.98. The number of aryl methyl sites for hydroxylation is 2. The Morgan fingerprint density at radius 2 is 1.78 bits per heavy atom. The minimum Gasteiger partial charge on any atom is -0.496 e. The standard InChI is InChI=1S/C26H24N2O3S/c1-17-9-10-18(2)24(13-17)31-16-20-14-19(11-12-23(20)30-3)15-22-25(29)28(26(32)27-22)21-7-5-4-6-8-21/h4-15H,16H2,1-3H3,(H,27,32)/b22-15+. The van der Waals surface area contributed by atoms with Crippen LogP contribution in [-0.2, 0) is 11.4 Å². The Kier molecular flexibility index (Phi) is 6.23. The van der Waals surface area contributed by atoms with Gasteiger partial charge in [-0.25, -0.2) is 0 Å². The molecule has 162 valence electrons. The van der Waals surface area contributed by atoms with Gasteiger partial charge >= 0.3 is 0 Å². The van der Waals surface area contributed by atoms with Gasteiger partial charge in [-0.3, -0.25) is 9.69 Å². The Bertz CT molecular complexity index is 1200. The molecule has 0 saturated carbocycles. The van der Waals surface area contributed by atoms with E-state index in [-0.39, 0.29) is 5.91 Å². The third-order valence-corrected chi connectivity index (χ3v) is 5.52. The van der Waals surface area contributed by atoms with Gasteiger partial charge in [-0.1, -0.05) is 36.4 Å². The number of rotatable bonds is 6. The lowest BCUT2D eigenvalue weighted by atomic mass is 10.1. The minimum absolute atomic E-state index is 0.190. The summed E-state index contributed by atoms with van der Waals surface area (Å²) in [5, 5.41) is 3.39. The zero-order valence-corrected chi connectivity index (χ0v) is 19.0. The van der Waals surface area contributed by atoms with Gasteiger partial charge in [0.05, 0.1) is 12.8 Å². The van der Waals surface area contributed by atoms with Crippen molar-refractivity contribution in [2.75, 3.05) is 12.0 Å². The van der Waals surface area contributed by atoms with Crippen molar-refractivity contribution in [1.29, 1.82) is 0 Å². The van der Waals surface area contributed by atoms with Crippen molar-refractivity contribution in [2.45, 2.75) is 20.5 Å². The number of carbonyl (C=O) groups excluding carboxylic acids is 1. The smallest absolute Gasteiger partial charge is 0.281 e. The normalized spacial score (nSPS) is 14.6. The molecule has 1 aliphatic rings. The highest BCUT2D eigenvalue weighted by atomic mass is 32.1. The summed E-state index contributed by atoms with van der Waals surface area (Å²) in [6.45, 7) is 4.40. The molecule has 32 heavy (non-hydrogen) atoms. The number of amides is 1. The largest absolute Gasteiger partial charge is 0.496 e. The van der Waals surface area contributed by atoms with Crippen LogP contribution in [-0.4, -0.2) is 18.1 Å². The maximum absolute atomic E-state index is 13.0. The molecular weight excluding hydrogens is 420 g/mol. The zero-order valence-electron chi connectivity index (χ0n) is 18.2. The summed E-state index contributed by atoms with van der Waals surface area (Å²) in [6.07, 6.45) is 1.79. The summed E-state index contributed by atoms with van der Waals surface area (Å²) in [7, 11) is 1.63.